The Kier molecular flexibility index (Phi) is 8.15. The van der Waals surface area contributed by atoms with Crippen LogP contribution >= 0.6 is 36.4 Å². The molecule has 0 aliphatic carbocycles. The molecule has 1 heterocycles. The van der Waals surface area contributed by atoms with E-state index in [1.165, 1.54) is 6.07 Å². The van der Waals surface area contributed by atoms with E-state index in [1.807, 2.05) is 6.07 Å². The number of nitrogens with zero attached hydrogens (tertiary/aromatic N) is 1. The van der Waals surface area contributed by atoms with E-state index in [2.05, 4.69) is 17.1 Å². The summed E-state index contributed by atoms with van der Waals surface area (Å²) in [5.74, 6) is -0.332. The minimum Gasteiger partial charge on any atom is -0.314 e. The lowest BCUT2D eigenvalue weighted by molar-refractivity contribution is 0.185. The first kappa shape index (κ1) is 17.9. The van der Waals surface area contributed by atoms with Gasteiger partial charge in [0.15, 0.2) is 0 Å². The molecule has 2 nitrogen and oxygen atoms in total. The fourth-order valence-corrected chi connectivity index (χ4v) is 2.17. The van der Waals surface area contributed by atoms with Gasteiger partial charge in [0, 0.05) is 32.2 Å². The molecule has 0 unspecified atom stereocenters. The molecule has 0 amide bonds. The van der Waals surface area contributed by atoms with E-state index in [0.717, 1.165) is 31.7 Å². The molecule has 18 heavy (non-hydrogen) atoms. The molecule has 6 heteroatoms. The highest BCUT2D eigenvalue weighted by Gasteiger charge is 2.18. The third kappa shape index (κ3) is 4.25. The van der Waals surface area contributed by atoms with E-state index >= 15 is 0 Å². The normalized spacial score (nSPS) is 17.5. The highest BCUT2D eigenvalue weighted by molar-refractivity contribution is 6.30. The summed E-state index contributed by atoms with van der Waals surface area (Å²) in [7, 11) is 0. The van der Waals surface area contributed by atoms with E-state index in [0.29, 0.717) is 0 Å². The summed E-state index contributed by atoms with van der Waals surface area (Å²) in [6.45, 7) is 6.12. The molecule has 1 fully saturated rings. The van der Waals surface area contributed by atoms with Crippen molar-refractivity contribution in [1.82, 2.24) is 10.2 Å². The molecule has 104 valence electrons. The second-order valence-electron chi connectivity index (χ2n) is 4.14. The van der Waals surface area contributed by atoms with Gasteiger partial charge < -0.3 is 5.32 Å². The molecule has 0 bridgehead atoms. The van der Waals surface area contributed by atoms with E-state index in [9.17, 15) is 4.39 Å². The van der Waals surface area contributed by atoms with Gasteiger partial charge >= 0.3 is 0 Å². The van der Waals surface area contributed by atoms with Crippen LogP contribution in [0.5, 0.6) is 0 Å². The van der Waals surface area contributed by atoms with Crippen LogP contribution < -0.4 is 5.32 Å². The van der Waals surface area contributed by atoms with Crippen LogP contribution in [0.25, 0.3) is 0 Å². The molecule has 0 saturated carbocycles. The quantitative estimate of drug-likeness (QED) is 0.901. The smallest absolute Gasteiger partial charge is 0.142 e. The SMILES string of the molecule is C[C@@H](c1ccc(Cl)c(F)c1)N1CCNCC1.Cl.Cl. The van der Waals surface area contributed by atoms with Crippen LogP contribution in [0.1, 0.15) is 18.5 Å². The lowest BCUT2D eigenvalue weighted by Crippen LogP contribution is -2.44. The summed E-state index contributed by atoms with van der Waals surface area (Å²) in [6, 6.07) is 5.31. The van der Waals surface area contributed by atoms with Crippen molar-refractivity contribution < 1.29 is 4.39 Å². The third-order valence-corrected chi connectivity index (χ3v) is 3.43. The first-order chi connectivity index (χ1) is 7.68. The van der Waals surface area contributed by atoms with E-state index in [-0.39, 0.29) is 41.7 Å². The van der Waals surface area contributed by atoms with Gasteiger partial charge in [-0.25, -0.2) is 4.39 Å². The van der Waals surface area contributed by atoms with Gasteiger partial charge in [-0.05, 0) is 24.6 Å². The van der Waals surface area contributed by atoms with Gasteiger partial charge in [0.05, 0.1) is 5.02 Å². The Morgan fingerprint density at radius 1 is 1.28 bits per heavy atom. The average Bonchev–Trinajstić information content (AvgIpc) is 2.33. The van der Waals surface area contributed by atoms with Crippen molar-refractivity contribution in [3.05, 3.63) is 34.6 Å². The summed E-state index contributed by atoms with van der Waals surface area (Å²) in [5, 5.41) is 3.50. The number of hydrogen-bond acceptors (Lipinski definition) is 2. The standard InChI is InChI=1S/C12H16ClFN2.2ClH/c1-9(16-6-4-15-5-7-16)10-2-3-11(13)12(14)8-10;;/h2-3,8-9,15H,4-7H2,1H3;2*1H/t9-;;/m0../s1. The monoisotopic (exact) mass is 314 g/mol. The predicted molar refractivity (Wildman–Crippen MR) is 78.8 cm³/mol. The molecule has 2 rings (SSSR count). The lowest BCUT2D eigenvalue weighted by atomic mass is 10.1. The highest BCUT2D eigenvalue weighted by atomic mass is 35.5. The topological polar surface area (TPSA) is 15.3 Å². The van der Waals surface area contributed by atoms with Crippen molar-refractivity contribution in [2.24, 2.45) is 0 Å². The van der Waals surface area contributed by atoms with Crippen LogP contribution in [0.3, 0.4) is 0 Å². The zero-order valence-corrected chi connectivity index (χ0v) is 12.5. The minimum absolute atomic E-state index is 0. The van der Waals surface area contributed by atoms with Gasteiger partial charge in [0.25, 0.3) is 0 Å². The zero-order valence-electron chi connectivity index (χ0n) is 10.2. The van der Waals surface area contributed by atoms with E-state index < -0.39 is 0 Å². The largest absolute Gasteiger partial charge is 0.314 e. The summed E-state index contributed by atoms with van der Waals surface area (Å²) < 4.78 is 13.3. The second-order valence-corrected chi connectivity index (χ2v) is 4.54. The summed E-state index contributed by atoms with van der Waals surface area (Å²) >= 11 is 5.67. The van der Waals surface area contributed by atoms with Gasteiger partial charge in [0.2, 0.25) is 0 Å². The maximum absolute atomic E-state index is 13.3. The molecular formula is C12H18Cl3FN2. The summed E-state index contributed by atoms with van der Waals surface area (Å²) in [5.41, 5.74) is 0.990. The van der Waals surface area contributed by atoms with E-state index in [4.69, 9.17) is 11.6 Å². The molecule has 1 aliphatic heterocycles. The average molecular weight is 316 g/mol. The van der Waals surface area contributed by atoms with Crippen LogP contribution in [-0.4, -0.2) is 31.1 Å². The second kappa shape index (κ2) is 8.18. The zero-order chi connectivity index (χ0) is 11.5. The van der Waals surface area contributed by atoms with E-state index in [1.54, 1.807) is 6.07 Å². The molecule has 1 aromatic rings. The Balaban J connectivity index is 0.00000144. The molecule has 1 N–H and O–H groups in total. The number of halogens is 4. The van der Waals surface area contributed by atoms with Gasteiger partial charge in [-0.15, -0.1) is 24.8 Å². The van der Waals surface area contributed by atoms with Gasteiger partial charge in [-0.1, -0.05) is 17.7 Å². The summed E-state index contributed by atoms with van der Waals surface area (Å²) in [6.07, 6.45) is 0. The third-order valence-electron chi connectivity index (χ3n) is 3.13. The van der Waals surface area contributed by atoms with Gasteiger partial charge in [-0.2, -0.15) is 0 Å². The number of nitrogens with one attached hydrogen (secondary N) is 1. The molecule has 1 aliphatic rings. The van der Waals surface area contributed by atoms with Crippen LogP contribution in [0.4, 0.5) is 4.39 Å². The van der Waals surface area contributed by atoms with Crippen molar-refractivity contribution >= 4 is 36.4 Å². The van der Waals surface area contributed by atoms with Crippen molar-refractivity contribution in [1.29, 1.82) is 0 Å². The number of benzene rings is 1. The van der Waals surface area contributed by atoms with Crippen LogP contribution in [0.15, 0.2) is 18.2 Å². The van der Waals surface area contributed by atoms with Crippen molar-refractivity contribution in [3.63, 3.8) is 0 Å². The van der Waals surface area contributed by atoms with Crippen LogP contribution in [-0.2, 0) is 0 Å². The Morgan fingerprint density at radius 3 is 2.44 bits per heavy atom. The van der Waals surface area contributed by atoms with Crippen molar-refractivity contribution in [2.75, 3.05) is 26.2 Å². The molecule has 0 aromatic heterocycles. The molecule has 1 atom stereocenters. The molecule has 0 radical (unpaired) electrons. The number of rotatable bonds is 2. The fourth-order valence-electron chi connectivity index (χ4n) is 2.05. The first-order valence-corrected chi connectivity index (χ1v) is 5.96. The Bertz CT molecular complexity index is 370. The summed E-state index contributed by atoms with van der Waals surface area (Å²) in [4.78, 5) is 2.35. The first-order valence-electron chi connectivity index (χ1n) is 5.58. The molecule has 0 spiro atoms. The fraction of sp³-hybridized carbons (Fsp3) is 0.500. The lowest BCUT2D eigenvalue weighted by Gasteiger charge is -2.33. The van der Waals surface area contributed by atoms with Crippen molar-refractivity contribution in [3.8, 4) is 0 Å². The maximum atomic E-state index is 13.3. The molecular weight excluding hydrogens is 298 g/mol. The highest BCUT2D eigenvalue weighted by Crippen LogP contribution is 2.24. The minimum atomic E-state index is -0.332. The van der Waals surface area contributed by atoms with Gasteiger partial charge in [-0.3, -0.25) is 4.90 Å². The Morgan fingerprint density at radius 2 is 1.89 bits per heavy atom. The van der Waals surface area contributed by atoms with Crippen LogP contribution in [0, 0.1) is 5.82 Å². The predicted octanol–water partition coefficient (Wildman–Crippen LogP) is 3.29. The Labute approximate surface area is 125 Å². The molecule has 1 saturated heterocycles. The van der Waals surface area contributed by atoms with Crippen LogP contribution in [0.2, 0.25) is 5.02 Å². The molecule has 1 aromatic carbocycles. The number of piperazine rings is 1. The van der Waals surface area contributed by atoms with Gasteiger partial charge in [0.1, 0.15) is 5.82 Å². The number of hydrogen-bond donors (Lipinski definition) is 1. The van der Waals surface area contributed by atoms with Crippen molar-refractivity contribution in [2.45, 2.75) is 13.0 Å². The Hall–Kier alpha value is -0.0600. The maximum Gasteiger partial charge on any atom is 0.142 e.